The fourth-order valence-corrected chi connectivity index (χ4v) is 2.71. The van der Waals surface area contributed by atoms with E-state index in [0.717, 1.165) is 24.1 Å². The Hall–Kier alpha value is -2.64. The molecule has 0 saturated carbocycles. The summed E-state index contributed by atoms with van der Waals surface area (Å²) in [6.45, 7) is 5.35. The number of ether oxygens (including phenoxy) is 1. The quantitative estimate of drug-likeness (QED) is 0.383. The second-order valence-electron chi connectivity index (χ2n) is 7.01. The van der Waals surface area contributed by atoms with Crippen molar-refractivity contribution in [1.82, 2.24) is 4.90 Å². The molecule has 0 aromatic heterocycles. The molecule has 3 N–H and O–H groups in total. The van der Waals surface area contributed by atoms with Crippen LogP contribution < -0.4 is 11.1 Å². The number of rotatable bonds is 8. The predicted molar refractivity (Wildman–Crippen MR) is 120 cm³/mol. The van der Waals surface area contributed by atoms with Crippen molar-refractivity contribution in [3.05, 3.63) is 46.8 Å². The number of amidine groups is 1. The van der Waals surface area contributed by atoms with Crippen LogP contribution in [-0.2, 0) is 9.53 Å². The van der Waals surface area contributed by atoms with Gasteiger partial charge in [-0.15, -0.1) is 0 Å². The van der Waals surface area contributed by atoms with E-state index in [1.807, 2.05) is 34.0 Å². The number of carbonyl (C=O) groups is 1. The zero-order valence-electron chi connectivity index (χ0n) is 17.3. The molecule has 1 aliphatic heterocycles. The average Bonchev–Trinajstić information content (AvgIpc) is 3.11. The number of nitrogens with two attached hydrogens (primary N) is 1. The number of nitrogens with zero attached hydrogens (tertiary/aromatic N) is 3. The molecule has 8 heteroatoms. The molecule has 156 valence electrons. The van der Waals surface area contributed by atoms with Crippen molar-refractivity contribution >= 4 is 40.5 Å². The van der Waals surface area contributed by atoms with Gasteiger partial charge in [0.15, 0.2) is 5.90 Å². The molecule has 0 atom stereocenters. The van der Waals surface area contributed by atoms with E-state index in [9.17, 15) is 4.79 Å². The first kappa shape index (κ1) is 22.6. The molecule has 0 radical (unpaired) electrons. The van der Waals surface area contributed by atoms with Crippen LogP contribution in [0.1, 0.15) is 32.3 Å². The number of amides is 1. The molecule has 7 nitrogen and oxygen atoms in total. The Morgan fingerprint density at radius 1 is 1.41 bits per heavy atom. The number of aliphatic imine (C=N–C) groups is 2. The third-order valence-corrected chi connectivity index (χ3v) is 4.50. The third-order valence-electron chi connectivity index (χ3n) is 4.17. The van der Waals surface area contributed by atoms with Gasteiger partial charge in [0, 0.05) is 26.1 Å². The number of anilines is 1. The summed E-state index contributed by atoms with van der Waals surface area (Å²) in [6, 6.07) is 5.41. The zero-order valence-corrected chi connectivity index (χ0v) is 18.1. The Balaban J connectivity index is 2.02. The Morgan fingerprint density at radius 3 is 2.83 bits per heavy atom. The minimum atomic E-state index is -0.342. The lowest BCUT2D eigenvalue weighted by Crippen LogP contribution is -2.15. The standard InChI is InChI=1S/C21H28ClN5O2/c1-14(13-24-15(2)29-11-5-10-27(3)4)16-6-7-17(22)19(12-16)26-21(28)18-8-9-20(23)25-18/h6-8,12-13H,5,9-11H2,1-4H3,(H2,23,25)(H,26,28)/b14-13+,24-15?. The SMILES string of the molecule is CC(=N/C=C(\C)c1ccc(Cl)c(NC(=O)C2=CCC(N)=N2)c1)OCCCN(C)C. The molecule has 0 saturated heterocycles. The summed E-state index contributed by atoms with van der Waals surface area (Å²) in [7, 11) is 4.06. The molecule has 2 rings (SSSR count). The molecular weight excluding hydrogens is 390 g/mol. The second kappa shape index (κ2) is 10.8. The van der Waals surface area contributed by atoms with Crippen LogP contribution >= 0.6 is 11.6 Å². The number of carbonyl (C=O) groups excluding carboxylic acids is 1. The molecule has 0 unspecified atom stereocenters. The lowest BCUT2D eigenvalue weighted by molar-refractivity contribution is -0.112. The van der Waals surface area contributed by atoms with Crippen LogP contribution in [-0.4, -0.2) is 49.8 Å². The van der Waals surface area contributed by atoms with E-state index < -0.39 is 0 Å². The summed E-state index contributed by atoms with van der Waals surface area (Å²) in [5, 5.41) is 3.22. The highest BCUT2D eigenvalue weighted by molar-refractivity contribution is 6.34. The van der Waals surface area contributed by atoms with Gasteiger partial charge < -0.3 is 20.7 Å². The first-order chi connectivity index (χ1) is 13.8. The Kier molecular flexibility index (Phi) is 8.42. The molecular formula is C21H28ClN5O2. The number of nitrogens with one attached hydrogen (secondary N) is 1. The lowest BCUT2D eigenvalue weighted by atomic mass is 10.1. The molecule has 1 amide bonds. The van der Waals surface area contributed by atoms with Gasteiger partial charge >= 0.3 is 0 Å². The van der Waals surface area contributed by atoms with E-state index in [0.29, 0.717) is 41.2 Å². The second-order valence-corrected chi connectivity index (χ2v) is 7.42. The molecule has 1 aliphatic rings. The smallest absolute Gasteiger partial charge is 0.274 e. The van der Waals surface area contributed by atoms with E-state index in [2.05, 4.69) is 20.2 Å². The Labute approximate surface area is 177 Å². The van der Waals surface area contributed by atoms with Crippen LogP contribution in [0.25, 0.3) is 5.57 Å². The predicted octanol–water partition coefficient (Wildman–Crippen LogP) is 3.67. The fourth-order valence-electron chi connectivity index (χ4n) is 2.54. The molecule has 0 aliphatic carbocycles. The molecule has 29 heavy (non-hydrogen) atoms. The Morgan fingerprint density at radius 2 is 2.17 bits per heavy atom. The maximum Gasteiger partial charge on any atom is 0.274 e. The van der Waals surface area contributed by atoms with Gasteiger partial charge in [-0.05, 0) is 56.8 Å². The van der Waals surface area contributed by atoms with E-state index in [1.165, 1.54) is 0 Å². The lowest BCUT2D eigenvalue weighted by Gasteiger charge is -2.10. The number of hydrogen-bond donors (Lipinski definition) is 2. The van der Waals surface area contributed by atoms with Crippen molar-refractivity contribution in [2.75, 3.05) is 32.6 Å². The molecule has 1 aromatic carbocycles. The molecule has 0 bridgehead atoms. The largest absolute Gasteiger partial charge is 0.481 e. The highest BCUT2D eigenvalue weighted by atomic mass is 35.5. The summed E-state index contributed by atoms with van der Waals surface area (Å²) in [5.74, 6) is 0.686. The van der Waals surface area contributed by atoms with E-state index in [4.69, 9.17) is 22.1 Å². The topological polar surface area (TPSA) is 92.3 Å². The first-order valence-electron chi connectivity index (χ1n) is 9.39. The minimum Gasteiger partial charge on any atom is -0.481 e. The zero-order chi connectivity index (χ0) is 21.4. The monoisotopic (exact) mass is 417 g/mol. The van der Waals surface area contributed by atoms with Gasteiger partial charge in [-0.1, -0.05) is 17.7 Å². The fraction of sp³-hybridized carbons (Fsp3) is 0.381. The van der Waals surface area contributed by atoms with E-state index in [-0.39, 0.29) is 5.91 Å². The molecule has 0 spiro atoms. The highest BCUT2D eigenvalue weighted by Crippen LogP contribution is 2.27. The van der Waals surface area contributed by atoms with Gasteiger partial charge in [0.1, 0.15) is 11.5 Å². The van der Waals surface area contributed by atoms with Gasteiger partial charge in [-0.3, -0.25) is 4.79 Å². The van der Waals surface area contributed by atoms with Crippen molar-refractivity contribution in [3.63, 3.8) is 0 Å². The van der Waals surface area contributed by atoms with Crippen LogP contribution in [0.2, 0.25) is 5.02 Å². The van der Waals surface area contributed by atoms with Crippen LogP contribution in [0.15, 0.2) is 46.2 Å². The summed E-state index contributed by atoms with van der Waals surface area (Å²) < 4.78 is 5.61. The molecule has 0 fully saturated rings. The van der Waals surface area contributed by atoms with Crippen molar-refractivity contribution in [2.45, 2.75) is 26.7 Å². The van der Waals surface area contributed by atoms with Crippen molar-refractivity contribution < 1.29 is 9.53 Å². The number of halogens is 1. The summed E-state index contributed by atoms with van der Waals surface area (Å²) >= 11 is 6.24. The van der Waals surface area contributed by atoms with Crippen LogP contribution in [0.3, 0.4) is 0 Å². The van der Waals surface area contributed by atoms with Gasteiger partial charge in [0.2, 0.25) is 0 Å². The van der Waals surface area contributed by atoms with Gasteiger partial charge in [0.05, 0.1) is 17.3 Å². The molecule has 1 aromatic rings. The van der Waals surface area contributed by atoms with Crippen molar-refractivity contribution in [2.24, 2.45) is 15.7 Å². The van der Waals surface area contributed by atoms with E-state index in [1.54, 1.807) is 24.4 Å². The maximum atomic E-state index is 12.3. The maximum absolute atomic E-state index is 12.3. The summed E-state index contributed by atoms with van der Waals surface area (Å²) in [5.41, 5.74) is 8.22. The van der Waals surface area contributed by atoms with E-state index >= 15 is 0 Å². The third kappa shape index (κ3) is 7.36. The van der Waals surface area contributed by atoms with Gasteiger partial charge in [0.25, 0.3) is 5.91 Å². The average molecular weight is 418 g/mol. The number of benzene rings is 1. The van der Waals surface area contributed by atoms with Crippen LogP contribution in [0.4, 0.5) is 5.69 Å². The molecule has 1 heterocycles. The number of hydrogen-bond acceptors (Lipinski definition) is 6. The Bertz CT molecular complexity index is 872. The number of allylic oxidation sites excluding steroid dienone is 1. The van der Waals surface area contributed by atoms with Gasteiger partial charge in [-0.25, -0.2) is 9.98 Å². The summed E-state index contributed by atoms with van der Waals surface area (Å²) in [4.78, 5) is 22.8. The van der Waals surface area contributed by atoms with Crippen LogP contribution in [0, 0.1) is 0 Å². The normalized spacial score (nSPS) is 14.7. The van der Waals surface area contributed by atoms with Crippen molar-refractivity contribution in [3.8, 4) is 0 Å². The highest BCUT2D eigenvalue weighted by Gasteiger charge is 2.15. The first-order valence-corrected chi connectivity index (χ1v) is 9.77. The van der Waals surface area contributed by atoms with Gasteiger partial charge in [-0.2, -0.15) is 0 Å². The van der Waals surface area contributed by atoms with Crippen molar-refractivity contribution in [1.29, 1.82) is 0 Å². The summed E-state index contributed by atoms with van der Waals surface area (Å²) in [6.07, 6.45) is 4.84. The van der Waals surface area contributed by atoms with Crippen LogP contribution in [0.5, 0.6) is 0 Å². The minimum absolute atomic E-state index is 0.294.